The molecule has 0 aliphatic carbocycles. The fourth-order valence-electron chi connectivity index (χ4n) is 1.66. The van der Waals surface area contributed by atoms with Crippen LogP contribution in [0.2, 0.25) is 0 Å². The molecule has 1 fully saturated rings. The molecule has 1 N–H and O–H groups in total. The summed E-state index contributed by atoms with van der Waals surface area (Å²) in [6.07, 6.45) is -0.389. The Hall–Kier alpha value is -1.29. The van der Waals surface area contributed by atoms with E-state index in [0.29, 0.717) is 13.0 Å². The Morgan fingerprint density at radius 2 is 2.12 bits per heavy atom. The molecule has 0 amide bonds. The number of benzene rings is 1. The Morgan fingerprint density at radius 3 is 2.75 bits per heavy atom. The number of hydrogen-bond acceptors (Lipinski definition) is 3. The number of hydrogen-bond donors (Lipinski definition) is 1. The van der Waals surface area contributed by atoms with E-state index in [4.69, 9.17) is 9.47 Å². The third kappa shape index (κ3) is 2.64. The van der Waals surface area contributed by atoms with Crippen LogP contribution in [0, 0.1) is 6.61 Å². The molecule has 4 heteroatoms. The van der Waals surface area contributed by atoms with E-state index in [2.05, 4.69) is 5.32 Å². The maximum Gasteiger partial charge on any atom is 0.149 e. The average Bonchev–Trinajstić information content (AvgIpc) is 2.33. The van der Waals surface area contributed by atoms with E-state index in [-0.39, 0.29) is 6.04 Å². The number of anilines is 1. The van der Waals surface area contributed by atoms with Crippen molar-refractivity contribution in [3.8, 4) is 5.75 Å². The molecule has 16 heavy (non-hydrogen) atoms. The maximum atomic E-state index is 13.4. The van der Waals surface area contributed by atoms with Crippen LogP contribution >= 0.6 is 0 Å². The first-order chi connectivity index (χ1) is 7.79. The third-order valence-corrected chi connectivity index (χ3v) is 2.60. The summed E-state index contributed by atoms with van der Waals surface area (Å²) in [7, 11) is 1.62. The van der Waals surface area contributed by atoms with E-state index in [9.17, 15) is 4.39 Å². The van der Waals surface area contributed by atoms with Crippen molar-refractivity contribution < 1.29 is 13.9 Å². The molecule has 87 valence electrons. The second-order valence-electron chi connectivity index (χ2n) is 3.72. The minimum absolute atomic E-state index is 0.206. The van der Waals surface area contributed by atoms with Crippen molar-refractivity contribution in [1.29, 1.82) is 0 Å². The van der Waals surface area contributed by atoms with Crippen LogP contribution in [0.4, 0.5) is 10.1 Å². The van der Waals surface area contributed by atoms with Gasteiger partial charge in [-0.25, -0.2) is 4.39 Å². The van der Waals surface area contributed by atoms with Gasteiger partial charge in [0.1, 0.15) is 18.5 Å². The van der Waals surface area contributed by atoms with Gasteiger partial charge in [-0.05, 0) is 30.7 Å². The van der Waals surface area contributed by atoms with Crippen molar-refractivity contribution in [2.24, 2.45) is 0 Å². The lowest BCUT2D eigenvalue weighted by Gasteiger charge is -2.27. The molecular weight excluding hydrogens is 209 g/mol. The zero-order valence-corrected chi connectivity index (χ0v) is 9.15. The van der Waals surface area contributed by atoms with Crippen LogP contribution in [-0.4, -0.2) is 25.9 Å². The van der Waals surface area contributed by atoms with Crippen LogP contribution in [0.3, 0.4) is 0 Å². The summed E-state index contributed by atoms with van der Waals surface area (Å²) in [6.45, 7) is 1.82. The number of rotatable bonds is 3. The molecule has 1 aromatic carbocycles. The third-order valence-electron chi connectivity index (χ3n) is 2.60. The van der Waals surface area contributed by atoms with Crippen LogP contribution in [0.15, 0.2) is 24.3 Å². The first-order valence-electron chi connectivity index (χ1n) is 5.29. The van der Waals surface area contributed by atoms with Gasteiger partial charge in [-0.2, -0.15) is 0 Å². The van der Waals surface area contributed by atoms with Gasteiger partial charge in [-0.1, -0.05) is 0 Å². The highest BCUT2D eigenvalue weighted by Crippen LogP contribution is 2.21. The quantitative estimate of drug-likeness (QED) is 0.855. The zero-order chi connectivity index (χ0) is 11.4. The van der Waals surface area contributed by atoms with Crippen LogP contribution in [0.25, 0.3) is 0 Å². The molecule has 0 aromatic heterocycles. The van der Waals surface area contributed by atoms with E-state index in [1.165, 1.54) is 6.61 Å². The molecule has 3 nitrogen and oxygen atoms in total. The summed E-state index contributed by atoms with van der Waals surface area (Å²) in [5, 5.41) is 3.14. The molecule has 1 aromatic rings. The average molecular weight is 224 g/mol. The Balaban J connectivity index is 1.96. The van der Waals surface area contributed by atoms with Crippen LogP contribution < -0.4 is 10.1 Å². The van der Waals surface area contributed by atoms with Crippen LogP contribution in [0.1, 0.15) is 6.42 Å². The molecule has 0 saturated carbocycles. The van der Waals surface area contributed by atoms with Crippen molar-refractivity contribution in [2.75, 3.05) is 19.0 Å². The fourth-order valence-corrected chi connectivity index (χ4v) is 1.66. The van der Waals surface area contributed by atoms with E-state index in [1.807, 2.05) is 24.3 Å². The molecule has 2 rings (SSSR count). The standard InChI is InChI=1S/C12H15FNO2/c1-15-10-4-2-9(3-5-10)14-12-6-7-16-8-11(12)13/h2-5,8,11-12,14H,6-7H2,1H3. The number of alkyl halides is 1. The molecule has 1 saturated heterocycles. The van der Waals surface area contributed by atoms with E-state index >= 15 is 0 Å². The summed E-state index contributed by atoms with van der Waals surface area (Å²) in [5.74, 6) is 0.792. The second-order valence-corrected chi connectivity index (χ2v) is 3.72. The molecule has 0 bridgehead atoms. The Morgan fingerprint density at radius 1 is 1.38 bits per heavy atom. The molecule has 1 aliphatic rings. The highest BCUT2D eigenvalue weighted by molar-refractivity contribution is 5.47. The van der Waals surface area contributed by atoms with E-state index in [1.54, 1.807) is 7.11 Å². The van der Waals surface area contributed by atoms with Gasteiger partial charge >= 0.3 is 0 Å². The minimum Gasteiger partial charge on any atom is -0.497 e. The summed E-state index contributed by atoms with van der Waals surface area (Å²) in [4.78, 5) is 0. The lowest BCUT2D eigenvalue weighted by Crippen LogP contribution is -2.36. The molecule has 2 atom stereocenters. The predicted molar refractivity (Wildman–Crippen MR) is 60.2 cm³/mol. The maximum absolute atomic E-state index is 13.4. The summed E-state index contributed by atoms with van der Waals surface area (Å²) in [6, 6.07) is 7.24. The van der Waals surface area contributed by atoms with Gasteiger partial charge in [0.05, 0.1) is 13.2 Å². The van der Waals surface area contributed by atoms with E-state index in [0.717, 1.165) is 11.4 Å². The molecule has 2 unspecified atom stereocenters. The van der Waals surface area contributed by atoms with Gasteiger partial charge in [0.15, 0.2) is 0 Å². The van der Waals surface area contributed by atoms with Gasteiger partial charge in [-0.3, -0.25) is 0 Å². The Kier molecular flexibility index (Phi) is 3.62. The number of ether oxygens (including phenoxy) is 2. The number of methoxy groups -OCH3 is 1. The zero-order valence-electron chi connectivity index (χ0n) is 9.15. The lowest BCUT2D eigenvalue weighted by atomic mass is 10.1. The lowest BCUT2D eigenvalue weighted by molar-refractivity contribution is 0.0847. The minimum atomic E-state index is -1.06. The molecule has 0 spiro atoms. The normalized spacial score (nSPS) is 25.1. The van der Waals surface area contributed by atoms with Gasteiger partial charge < -0.3 is 14.8 Å². The van der Waals surface area contributed by atoms with Gasteiger partial charge in [0, 0.05) is 12.3 Å². The highest BCUT2D eigenvalue weighted by Gasteiger charge is 2.25. The predicted octanol–water partition coefficient (Wildman–Crippen LogP) is 2.40. The van der Waals surface area contributed by atoms with Crippen molar-refractivity contribution in [3.63, 3.8) is 0 Å². The molecule has 1 heterocycles. The first kappa shape index (κ1) is 11.2. The van der Waals surface area contributed by atoms with Gasteiger partial charge in [-0.15, -0.1) is 0 Å². The van der Waals surface area contributed by atoms with Crippen molar-refractivity contribution in [1.82, 2.24) is 0 Å². The summed E-state index contributed by atoms with van der Waals surface area (Å²) >= 11 is 0. The highest BCUT2D eigenvalue weighted by atomic mass is 19.1. The van der Waals surface area contributed by atoms with Gasteiger partial charge in [0.2, 0.25) is 0 Å². The monoisotopic (exact) mass is 224 g/mol. The smallest absolute Gasteiger partial charge is 0.149 e. The fraction of sp³-hybridized carbons (Fsp3) is 0.417. The molecular formula is C12H15FNO2. The summed E-state index contributed by atoms with van der Waals surface area (Å²) < 4.78 is 23.4. The largest absolute Gasteiger partial charge is 0.497 e. The van der Waals surface area contributed by atoms with Gasteiger partial charge in [0.25, 0.3) is 0 Å². The summed E-state index contributed by atoms with van der Waals surface area (Å²) in [5.41, 5.74) is 0.892. The Bertz CT molecular complexity index is 328. The molecule has 1 radical (unpaired) electrons. The van der Waals surface area contributed by atoms with Crippen molar-refractivity contribution in [3.05, 3.63) is 30.9 Å². The topological polar surface area (TPSA) is 30.5 Å². The number of halogens is 1. The molecule has 1 aliphatic heterocycles. The SMILES string of the molecule is COc1ccc(NC2CCO[CH]C2F)cc1. The first-order valence-corrected chi connectivity index (χ1v) is 5.29. The van der Waals surface area contributed by atoms with Crippen molar-refractivity contribution >= 4 is 5.69 Å². The van der Waals surface area contributed by atoms with E-state index < -0.39 is 6.17 Å². The Labute approximate surface area is 94.6 Å². The van der Waals surface area contributed by atoms with Crippen LogP contribution in [-0.2, 0) is 4.74 Å². The second kappa shape index (κ2) is 5.16. The van der Waals surface area contributed by atoms with Crippen LogP contribution in [0.5, 0.6) is 5.75 Å². The number of nitrogens with one attached hydrogen (secondary N) is 1. The van der Waals surface area contributed by atoms with Crippen molar-refractivity contribution in [2.45, 2.75) is 18.6 Å².